The standard InChI is InChI=1S/C13H13ClO6S/c1-7-5-11(13(16)19-7)20-12(15)9-6-8(21(2,17)18)3-4-10(9)14/h3-4,6-7,11H,5H2,1-2H3/t7-,11+/m0/s1. The van der Waals surface area contributed by atoms with Crippen LogP contribution in [0.2, 0.25) is 5.02 Å². The van der Waals surface area contributed by atoms with Crippen LogP contribution >= 0.6 is 11.6 Å². The van der Waals surface area contributed by atoms with Crippen molar-refractivity contribution in [2.45, 2.75) is 30.4 Å². The van der Waals surface area contributed by atoms with Crippen molar-refractivity contribution < 1.29 is 27.5 Å². The van der Waals surface area contributed by atoms with Crippen LogP contribution in [0.3, 0.4) is 0 Å². The second-order valence-electron chi connectivity index (χ2n) is 4.79. The summed E-state index contributed by atoms with van der Waals surface area (Å²) in [6.45, 7) is 1.68. The number of carbonyl (C=O) groups is 2. The molecule has 1 aliphatic rings. The smallest absolute Gasteiger partial charge is 0.347 e. The minimum absolute atomic E-state index is 0.0480. The van der Waals surface area contributed by atoms with E-state index < -0.39 is 27.9 Å². The van der Waals surface area contributed by atoms with Gasteiger partial charge in [-0.25, -0.2) is 18.0 Å². The Balaban J connectivity index is 2.25. The summed E-state index contributed by atoms with van der Waals surface area (Å²) in [5.74, 6) is -1.48. The van der Waals surface area contributed by atoms with Gasteiger partial charge >= 0.3 is 11.9 Å². The van der Waals surface area contributed by atoms with E-state index >= 15 is 0 Å². The van der Waals surface area contributed by atoms with Crippen LogP contribution in [0.1, 0.15) is 23.7 Å². The molecule has 1 saturated heterocycles. The van der Waals surface area contributed by atoms with E-state index in [1.165, 1.54) is 12.1 Å². The molecular weight excluding hydrogens is 320 g/mol. The van der Waals surface area contributed by atoms with Crippen molar-refractivity contribution in [2.24, 2.45) is 0 Å². The largest absolute Gasteiger partial charge is 0.460 e. The summed E-state index contributed by atoms with van der Waals surface area (Å²) in [7, 11) is -3.48. The molecule has 1 fully saturated rings. The predicted molar refractivity (Wildman–Crippen MR) is 73.9 cm³/mol. The fourth-order valence-electron chi connectivity index (χ4n) is 1.90. The minimum Gasteiger partial charge on any atom is -0.460 e. The highest BCUT2D eigenvalue weighted by Gasteiger charge is 2.35. The van der Waals surface area contributed by atoms with Gasteiger partial charge in [-0.15, -0.1) is 0 Å². The van der Waals surface area contributed by atoms with Gasteiger partial charge in [-0.05, 0) is 25.1 Å². The first-order valence-corrected chi connectivity index (χ1v) is 8.36. The van der Waals surface area contributed by atoms with Crippen molar-refractivity contribution >= 4 is 33.4 Å². The first-order valence-electron chi connectivity index (χ1n) is 6.09. The lowest BCUT2D eigenvalue weighted by Gasteiger charge is -2.10. The van der Waals surface area contributed by atoms with E-state index in [4.69, 9.17) is 21.1 Å². The van der Waals surface area contributed by atoms with Crippen molar-refractivity contribution in [3.05, 3.63) is 28.8 Å². The molecule has 0 bridgehead atoms. The van der Waals surface area contributed by atoms with Crippen molar-refractivity contribution in [2.75, 3.05) is 6.26 Å². The maximum Gasteiger partial charge on any atom is 0.347 e. The first kappa shape index (κ1) is 15.8. The second kappa shape index (κ2) is 5.65. The lowest BCUT2D eigenvalue weighted by molar-refractivity contribution is -0.147. The maximum atomic E-state index is 12.0. The summed E-state index contributed by atoms with van der Waals surface area (Å²) in [4.78, 5) is 23.4. The zero-order valence-electron chi connectivity index (χ0n) is 11.3. The van der Waals surface area contributed by atoms with E-state index in [1.54, 1.807) is 6.92 Å². The molecule has 2 atom stereocenters. The van der Waals surface area contributed by atoms with Crippen molar-refractivity contribution in [3.8, 4) is 0 Å². The minimum atomic E-state index is -3.48. The molecule has 0 radical (unpaired) electrons. The zero-order chi connectivity index (χ0) is 15.8. The molecule has 0 spiro atoms. The third-order valence-electron chi connectivity index (χ3n) is 2.96. The number of hydrogen-bond acceptors (Lipinski definition) is 6. The zero-order valence-corrected chi connectivity index (χ0v) is 12.9. The van der Waals surface area contributed by atoms with Crippen LogP contribution in [-0.2, 0) is 24.1 Å². The van der Waals surface area contributed by atoms with Gasteiger partial charge in [0.1, 0.15) is 6.10 Å². The molecule has 1 aliphatic heterocycles. The van der Waals surface area contributed by atoms with Crippen molar-refractivity contribution in [1.82, 2.24) is 0 Å². The number of benzene rings is 1. The van der Waals surface area contributed by atoms with E-state index in [0.29, 0.717) is 0 Å². The molecule has 0 aliphatic carbocycles. The summed E-state index contributed by atoms with van der Waals surface area (Å²) >= 11 is 5.88. The van der Waals surface area contributed by atoms with Crippen molar-refractivity contribution in [3.63, 3.8) is 0 Å². The summed E-state index contributed by atoms with van der Waals surface area (Å²) < 4.78 is 32.9. The molecular formula is C13H13ClO6S. The Labute approximate surface area is 126 Å². The number of hydrogen-bond donors (Lipinski definition) is 0. The van der Waals surface area contributed by atoms with Gasteiger partial charge < -0.3 is 9.47 Å². The number of ether oxygens (including phenoxy) is 2. The van der Waals surface area contributed by atoms with Crippen LogP contribution in [0.4, 0.5) is 0 Å². The third kappa shape index (κ3) is 3.54. The topological polar surface area (TPSA) is 86.7 Å². The number of sulfone groups is 1. The molecule has 1 aromatic rings. The maximum absolute atomic E-state index is 12.0. The van der Waals surface area contributed by atoms with Gasteiger partial charge in [-0.2, -0.15) is 0 Å². The van der Waals surface area contributed by atoms with Gasteiger partial charge in [0.25, 0.3) is 0 Å². The number of rotatable bonds is 3. The van der Waals surface area contributed by atoms with Crippen LogP contribution in [0, 0.1) is 0 Å². The van der Waals surface area contributed by atoms with Crippen LogP contribution in [0.15, 0.2) is 23.1 Å². The van der Waals surface area contributed by atoms with E-state index in [1.807, 2.05) is 0 Å². The number of halogens is 1. The first-order chi connectivity index (χ1) is 9.68. The van der Waals surface area contributed by atoms with E-state index in [2.05, 4.69) is 0 Å². The van der Waals surface area contributed by atoms with Gasteiger partial charge in [0, 0.05) is 12.7 Å². The molecule has 1 heterocycles. The molecule has 6 nitrogen and oxygen atoms in total. The fourth-order valence-corrected chi connectivity index (χ4v) is 2.74. The van der Waals surface area contributed by atoms with Gasteiger partial charge in [0.05, 0.1) is 15.5 Å². The average Bonchev–Trinajstić information content (AvgIpc) is 2.66. The summed E-state index contributed by atoms with van der Waals surface area (Å²) in [6.07, 6.45) is -0.0476. The van der Waals surface area contributed by atoms with Gasteiger partial charge in [0.2, 0.25) is 6.10 Å². The highest BCUT2D eigenvalue weighted by molar-refractivity contribution is 7.90. The lowest BCUT2D eigenvalue weighted by atomic mass is 10.2. The second-order valence-corrected chi connectivity index (χ2v) is 7.21. The Hall–Kier alpha value is -1.60. The van der Waals surface area contributed by atoms with Crippen molar-refractivity contribution in [1.29, 1.82) is 0 Å². The van der Waals surface area contributed by atoms with Gasteiger partial charge in [-0.3, -0.25) is 0 Å². The summed E-state index contributed by atoms with van der Waals surface area (Å²) in [6, 6.07) is 3.72. The molecule has 0 saturated carbocycles. The Morgan fingerprint density at radius 3 is 2.62 bits per heavy atom. The Morgan fingerprint density at radius 1 is 1.43 bits per heavy atom. The Kier molecular flexibility index (Phi) is 4.25. The van der Waals surface area contributed by atoms with E-state index in [9.17, 15) is 18.0 Å². The molecule has 0 amide bonds. The van der Waals surface area contributed by atoms with E-state index in [0.717, 1.165) is 12.3 Å². The van der Waals surface area contributed by atoms with Crippen LogP contribution in [0.25, 0.3) is 0 Å². The number of carbonyl (C=O) groups excluding carboxylic acids is 2. The highest BCUT2D eigenvalue weighted by Crippen LogP contribution is 2.24. The molecule has 114 valence electrons. The Bertz CT molecular complexity index is 697. The molecule has 8 heteroatoms. The summed E-state index contributed by atoms with van der Waals surface area (Å²) in [5.41, 5.74) is -0.105. The van der Waals surface area contributed by atoms with E-state index in [-0.39, 0.29) is 28.0 Å². The number of cyclic esters (lactones) is 1. The summed E-state index contributed by atoms with van der Waals surface area (Å²) in [5, 5.41) is 0.0480. The molecule has 2 rings (SSSR count). The lowest BCUT2D eigenvalue weighted by Crippen LogP contribution is -2.23. The van der Waals surface area contributed by atoms with Crippen LogP contribution < -0.4 is 0 Å². The van der Waals surface area contributed by atoms with Crippen LogP contribution in [-0.4, -0.2) is 38.8 Å². The Morgan fingerprint density at radius 2 is 2.10 bits per heavy atom. The average molecular weight is 333 g/mol. The monoisotopic (exact) mass is 332 g/mol. The molecule has 0 unspecified atom stereocenters. The normalized spacial score (nSPS) is 22.0. The van der Waals surface area contributed by atoms with Gasteiger partial charge in [-0.1, -0.05) is 11.6 Å². The fraction of sp³-hybridized carbons (Fsp3) is 0.385. The number of esters is 2. The molecule has 1 aromatic carbocycles. The SMILES string of the molecule is C[C@H]1C[C@@H](OC(=O)c2cc(S(C)(=O)=O)ccc2Cl)C(=O)O1. The molecule has 0 N–H and O–H groups in total. The highest BCUT2D eigenvalue weighted by atomic mass is 35.5. The third-order valence-corrected chi connectivity index (χ3v) is 4.40. The van der Waals surface area contributed by atoms with Crippen LogP contribution in [0.5, 0.6) is 0 Å². The predicted octanol–water partition coefficient (Wildman–Crippen LogP) is 1.60. The molecule has 21 heavy (non-hydrogen) atoms. The molecule has 0 aromatic heterocycles. The van der Waals surface area contributed by atoms with Gasteiger partial charge in [0.15, 0.2) is 9.84 Å². The quantitative estimate of drug-likeness (QED) is 0.781.